The van der Waals surface area contributed by atoms with E-state index >= 15 is 0 Å². The van der Waals surface area contributed by atoms with Crippen LogP contribution in [0.25, 0.3) is 0 Å². The number of hydrogen-bond acceptors (Lipinski definition) is 6. The summed E-state index contributed by atoms with van der Waals surface area (Å²) in [7, 11) is 2.80. The minimum Gasteiger partial charge on any atom is -0.466 e. The molecule has 3 aliphatic heterocycles. The first-order valence-electron chi connectivity index (χ1n) is 12.1. The van der Waals surface area contributed by atoms with Gasteiger partial charge in [-0.15, -0.1) is 0 Å². The van der Waals surface area contributed by atoms with Gasteiger partial charge in [0.25, 0.3) is 0 Å². The molecule has 0 spiro atoms. The summed E-state index contributed by atoms with van der Waals surface area (Å²) in [6.07, 6.45) is 11.9. The van der Waals surface area contributed by atoms with Crippen molar-refractivity contribution in [3.63, 3.8) is 0 Å². The number of rotatable bonds is 6. The average molecular weight is 483 g/mol. The largest absolute Gasteiger partial charge is 0.466 e. The Morgan fingerprint density at radius 2 is 1.06 bits per heavy atom. The maximum Gasteiger partial charge on any atom is 0.335 e. The van der Waals surface area contributed by atoms with Crippen LogP contribution in [-0.4, -0.2) is 60.1 Å². The SMILES string of the molecule is COC(=O)C1=CC=C[C@H]2[C@@H]3C=CC=C(C(=O)OC)[C@H]([C@@H]1N2Cc1ccccc1)N3Cc1ccccc1. The third-order valence-electron chi connectivity index (χ3n) is 7.19. The maximum absolute atomic E-state index is 13.2. The molecule has 2 aromatic carbocycles. The molecule has 1 fully saturated rings. The lowest BCUT2D eigenvalue weighted by Gasteiger charge is -2.54. The Labute approximate surface area is 211 Å². The summed E-state index contributed by atoms with van der Waals surface area (Å²) in [6.45, 7) is 1.23. The van der Waals surface area contributed by atoms with Crippen LogP contribution < -0.4 is 0 Å². The minimum atomic E-state index is -0.428. The summed E-state index contributed by atoms with van der Waals surface area (Å²) >= 11 is 0. The Hall–Kier alpha value is -3.74. The molecule has 5 rings (SSSR count). The molecule has 184 valence electrons. The highest BCUT2D eigenvalue weighted by atomic mass is 16.5. The van der Waals surface area contributed by atoms with Crippen molar-refractivity contribution in [2.75, 3.05) is 14.2 Å². The number of piperazine rings is 1. The Morgan fingerprint density at radius 3 is 1.42 bits per heavy atom. The predicted octanol–water partition coefficient (Wildman–Crippen LogP) is 3.82. The van der Waals surface area contributed by atoms with Crippen LogP contribution in [0.1, 0.15) is 11.1 Å². The van der Waals surface area contributed by atoms with Crippen molar-refractivity contribution in [2.24, 2.45) is 0 Å². The molecular formula is C30H30N2O4. The number of carbonyl (C=O) groups is 2. The molecule has 6 heteroatoms. The van der Waals surface area contributed by atoms with Crippen LogP contribution in [0.3, 0.4) is 0 Å². The second-order valence-corrected chi connectivity index (χ2v) is 9.18. The minimum absolute atomic E-state index is 0.0322. The van der Waals surface area contributed by atoms with Crippen molar-refractivity contribution in [3.8, 4) is 0 Å². The van der Waals surface area contributed by atoms with Gasteiger partial charge < -0.3 is 9.47 Å². The third-order valence-corrected chi connectivity index (χ3v) is 7.19. The number of methoxy groups -OCH3 is 2. The van der Waals surface area contributed by atoms with Gasteiger partial charge in [0.1, 0.15) is 0 Å². The summed E-state index contributed by atoms with van der Waals surface area (Å²) in [5.41, 5.74) is 3.30. The van der Waals surface area contributed by atoms with Gasteiger partial charge in [0.05, 0.1) is 37.4 Å². The molecule has 0 unspecified atom stereocenters. The lowest BCUT2D eigenvalue weighted by atomic mass is 9.84. The van der Waals surface area contributed by atoms with E-state index in [-0.39, 0.29) is 12.1 Å². The third kappa shape index (κ3) is 4.45. The highest BCUT2D eigenvalue weighted by Crippen LogP contribution is 2.40. The van der Waals surface area contributed by atoms with Crippen molar-refractivity contribution in [2.45, 2.75) is 37.3 Å². The number of esters is 2. The molecule has 2 aromatic rings. The Balaban J connectivity index is 1.69. The van der Waals surface area contributed by atoms with E-state index in [1.54, 1.807) is 0 Å². The molecule has 0 amide bonds. The first kappa shape index (κ1) is 24.0. The number of hydrogen-bond donors (Lipinski definition) is 0. The number of carbonyl (C=O) groups excluding carboxylic acids is 2. The molecule has 4 bridgehead atoms. The molecule has 0 N–H and O–H groups in total. The van der Waals surface area contributed by atoms with Crippen LogP contribution in [0, 0.1) is 0 Å². The molecule has 6 nitrogen and oxygen atoms in total. The summed E-state index contributed by atoms with van der Waals surface area (Å²) in [4.78, 5) is 31.0. The van der Waals surface area contributed by atoms with E-state index in [9.17, 15) is 9.59 Å². The van der Waals surface area contributed by atoms with Crippen LogP contribution in [0.2, 0.25) is 0 Å². The lowest BCUT2D eigenvalue weighted by molar-refractivity contribution is -0.141. The summed E-state index contributed by atoms with van der Waals surface area (Å²) in [5.74, 6) is -0.800. The molecule has 3 aliphatic rings. The molecule has 4 atom stereocenters. The van der Waals surface area contributed by atoms with E-state index in [2.05, 4.69) is 46.2 Å². The number of nitrogens with zero attached hydrogens (tertiary/aromatic N) is 2. The summed E-state index contributed by atoms with van der Waals surface area (Å²) < 4.78 is 10.5. The van der Waals surface area contributed by atoms with Crippen molar-refractivity contribution in [3.05, 3.63) is 119 Å². The van der Waals surface area contributed by atoms with Gasteiger partial charge in [-0.2, -0.15) is 0 Å². The topological polar surface area (TPSA) is 59.1 Å². The molecule has 36 heavy (non-hydrogen) atoms. The quantitative estimate of drug-likeness (QED) is 0.584. The van der Waals surface area contributed by atoms with Crippen LogP contribution in [0.5, 0.6) is 0 Å². The number of allylic oxidation sites excluding steroid dienone is 4. The normalized spacial score (nSPS) is 25.3. The van der Waals surface area contributed by atoms with E-state index in [0.717, 1.165) is 11.1 Å². The van der Waals surface area contributed by atoms with Crippen molar-refractivity contribution in [1.29, 1.82) is 0 Å². The van der Waals surface area contributed by atoms with Gasteiger partial charge in [-0.25, -0.2) is 9.59 Å². The Bertz CT molecular complexity index is 1130. The van der Waals surface area contributed by atoms with Crippen LogP contribution in [-0.2, 0) is 32.2 Å². The van der Waals surface area contributed by atoms with Crippen LogP contribution in [0.15, 0.2) is 108 Å². The van der Waals surface area contributed by atoms with E-state index in [1.165, 1.54) is 14.2 Å². The molecule has 0 saturated carbocycles. The fraction of sp³-hybridized carbons (Fsp3) is 0.267. The fourth-order valence-electron chi connectivity index (χ4n) is 5.62. The van der Waals surface area contributed by atoms with Gasteiger partial charge in [-0.05, 0) is 11.1 Å². The number of ether oxygens (including phenoxy) is 2. The van der Waals surface area contributed by atoms with Gasteiger partial charge in [0.15, 0.2) is 0 Å². The van der Waals surface area contributed by atoms with E-state index in [4.69, 9.17) is 9.47 Å². The lowest BCUT2D eigenvalue weighted by Crippen LogP contribution is -2.68. The van der Waals surface area contributed by atoms with Crippen molar-refractivity contribution in [1.82, 2.24) is 9.80 Å². The average Bonchev–Trinajstić information content (AvgIpc) is 3.14. The monoisotopic (exact) mass is 482 g/mol. The summed E-state index contributed by atoms with van der Waals surface area (Å²) in [6, 6.07) is 19.5. The van der Waals surface area contributed by atoms with Gasteiger partial charge in [-0.3, -0.25) is 9.80 Å². The second kappa shape index (κ2) is 10.5. The van der Waals surface area contributed by atoms with Gasteiger partial charge in [-0.1, -0.05) is 97.1 Å². The zero-order chi connectivity index (χ0) is 25.1. The van der Waals surface area contributed by atoms with Crippen LogP contribution >= 0.6 is 0 Å². The molecule has 1 saturated heterocycles. The zero-order valence-electron chi connectivity index (χ0n) is 20.5. The maximum atomic E-state index is 13.2. The first-order chi connectivity index (χ1) is 17.6. The number of fused-ring (bicyclic) bond motifs is 6. The Morgan fingerprint density at radius 1 is 0.667 bits per heavy atom. The smallest absolute Gasteiger partial charge is 0.335 e. The number of benzene rings is 2. The highest BCUT2D eigenvalue weighted by molar-refractivity contribution is 5.94. The fourth-order valence-corrected chi connectivity index (χ4v) is 5.62. The molecule has 3 heterocycles. The zero-order valence-corrected chi connectivity index (χ0v) is 20.5. The van der Waals surface area contributed by atoms with E-state index in [0.29, 0.717) is 24.2 Å². The summed E-state index contributed by atoms with van der Waals surface area (Å²) in [5, 5.41) is 0. The first-order valence-corrected chi connectivity index (χ1v) is 12.1. The van der Waals surface area contributed by atoms with Gasteiger partial charge >= 0.3 is 11.9 Å². The van der Waals surface area contributed by atoms with E-state index in [1.807, 2.05) is 60.7 Å². The molecular weight excluding hydrogens is 452 g/mol. The second-order valence-electron chi connectivity index (χ2n) is 9.18. The van der Waals surface area contributed by atoms with Crippen LogP contribution in [0.4, 0.5) is 0 Å². The highest BCUT2D eigenvalue weighted by Gasteiger charge is 2.52. The van der Waals surface area contributed by atoms with E-state index < -0.39 is 24.0 Å². The Kier molecular flexibility index (Phi) is 6.98. The van der Waals surface area contributed by atoms with Crippen molar-refractivity contribution < 1.29 is 19.1 Å². The molecule has 0 radical (unpaired) electrons. The standard InChI is InChI=1S/C30H30N2O4/c1-35-29(33)23-15-9-17-25-26-18-10-16-24(30(34)36-2)28(32(26)20-22-13-7-4-8-14-22)27(23)31(25)19-21-11-5-3-6-12-21/h3-18,25-28H,19-20H2,1-2H3/t25-,26-,27+,28+/m0/s1. The van der Waals surface area contributed by atoms with Crippen molar-refractivity contribution >= 4 is 11.9 Å². The molecule has 0 aromatic heterocycles. The van der Waals surface area contributed by atoms with Gasteiger partial charge in [0, 0.05) is 25.2 Å². The molecule has 0 aliphatic carbocycles. The van der Waals surface area contributed by atoms with Gasteiger partial charge in [0.2, 0.25) is 0 Å². The predicted molar refractivity (Wildman–Crippen MR) is 138 cm³/mol.